The van der Waals surface area contributed by atoms with Crippen molar-refractivity contribution in [1.29, 1.82) is 0 Å². The highest BCUT2D eigenvalue weighted by Gasteiger charge is 2.27. The SMILES string of the molecule is Cc1csc(C2CCN(c3cn[nH]c(=O)c3Cl)C2)n1. The summed E-state index contributed by atoms with van der Waals surface area (Å²) < 4.78 is 0. The number of halogens is 1. The van der Waals surface area contributed by atoms with Crippen molar-refractivity contribution in [3.8, 4) is 0 Å². The van der Waals surface area contributed by atoms with E-state index in [4.69, 9.17) is 11.6 Å². The van der Waals surface area contributed by atoms with Crippen LogP contribution in [0.4, 0.5) is 5.69 Å². The molecular formula is C12H13ClN4OS. The Kier molecular flexibility index (Phi) is 3.28. The summed E-state index contributed by atoms with van der Waals surface area (Å²) in [4.78, 5) is 18.1. The molecule has 1 aliphatic rings. The van der Waals surface area contributed by atoms with Crippen LogP contribution in [0.2, 0.25) is 5.02 Å². The number of H-pyrrole nitrogens is 1. The molecule has 1 N–H and O–H groups in total. The molecule has 100 valence electrons. The van der Waals surface area contributed by atoms with E-state index in [0.29, 0.717) is 11.6 Å². The Morgan fingerprint density at radius 1 is 1.58 bits per heavy atom. The third-order valence-corrected chi connectivity index (χ3v) is 4.78. The van der Waals surface area contributed by atoms with Gasteiger partial charge in [-0.1, -0.05) is 11.6 Å². The summed E-state index contributed by atoms with van der Waals surface area (Å²) in [6.45, 7) is 3.70. The topological polar surface area (TPSA) is 61.9 Å². The summed E-state index contributed by atoms with van der Waals surface area (Å²) in [5, 5.41) is 9.59. The summed E-state index contributed by atoms with van der Waals surface area (Å²) in [5.41, 5.74) is 1.43. The van der Waals surface area contributed by atoms with Gasteiger partial charge in [-0.2, -0.15) is 5.10 Å². The second-order valence-corrected chi connectivity index (χ2v) is 5.92. The van der Waals surface area contributed by atoms with Crippen molar-refractivity contribution in [3.05, 3.63) is 37.7 Å². The van der Waals surface area contributed by atoms with Gasteiger partial charge in [0.2, 0.25) is 0 Å². The van der Waals surface area contributed by atoms with Gasteiger partial charge in [-0.15, -0.1) is 11.3 Å². The number of rotatable bonds is 2. The second-order valence-electron chi connectivity index (χ2n) is 4.66. The summed E-state index contributed by atoms with van der Waals surface area (Å²) in [5.74, 6) is 0.411. The number of nitrogens with one attached hydrogen (secondary N) is 1. The molecule has 19 heavy (non-hydrogen) atoms. The van der Waals surface area contributed by atoms with Crippen LogP contribution in [-0.2, 0) is 0 Å². The van der Waals surface area contributed by atoms with Crippen molar-refractivity contribution in [2.24, 2.45) is 0 Å². The van der Waals surface area contributed by atoms with Crippen molar-refractivity contribution < 1.29 is 0 Å². The van der Waals surface area contributed by atoms with E-state index in [1.165, 1.54) is 0 Å². The highest BCUT2D eigenvalue weighted by Crippen LogP contribution is 2.33. The molecule has 2 aromatic heterocycles. The Balaban J connectivity index is 1.82. The van der Waals surface area contributed by atoms with Gasteiger partial charge in [-0.05, 0) is 13.3 Å². The Labute approximate surface area is 119 Å². The third kappa shape index (κ3) is 2.37. The van der Waals surface area contributed by atoms with E-state index in [2.05, 4.69) is 25.5 Å². The van der Waals surface area contributed by atoms with Crippen molar-refractivity contribution in [2.75, 3.05) is 18.0 Å². The van der Waals surface area contributed by atoms with Gasteiger partial charge in [0.05, 0.1) is 16.9 Å². The fourth-order valence-corrected chi connectivity index (χ4v) is 3.47. The van der Waals surface area contributed by atoms with Gasteiger partial charge < -0.3 is 4.90 Å². The predicted octanol–water partition coefficient (Wildman–Crippen LogP) is 2.18. The molecule has 0 radical (unpaired) electrons. The van der Waals surface area contributed by atoms with Gasteiger partial charge in [0.1, 0.15) is 5.02 Å². The maximum atomic E-state index is 11.5. The van der Waals surface area contributed by atoms with Crippen LogP contribution in [0.5, 0.6) is 0 Å². The number of hydrogen-bond donors (Lipinski definition) is 1. The molecule has 5 nitrogen and oxygen atoms in total. The Bertz CT molecular complexity index is 653. The molecule has 1 aliphatic heterocycles. The maximum absolute atomic E-state index is 11.5. The highest BCUT2D eigenvalue weighted by molar-refractivity contribution is 7.09. The number of hydrogen-bond acceptors (Lipinski definition) is 5. The van der Waals surface area contributed by atoms with Gasteiger partial charge in [0.25, 0.3) is 5.56 Å². The number of thiazole rings is 1. The molecule has 1 fully saturated rings. The zero-order valence-corrected chi connectivity index (χ0v) is 12.0. The largest absolute Gasteiger partial charge is 0.368 e. The molecule has 0 aromatic carbocycles. The van der Waals surface area contributed by atoms with Crippen LogP contribution >= 0.6 is 22.9 Å². The zero-order valence-electron chi connectivity index (χ0n) is 10.4. The van der Waals surface area contributed by atoms with E-state index in [1.807, 2.05) is 6.92 Å². The molecule has 1 saturated heterocycles. The second kappa shape index (κ2) is 4.94. The van der Waals surface area contributed by atoms with Crippen LogP contribution in [-0.4, -0.2) is 28.3 Å². The zero-order chi connectivity index (χ0) is 13.4. The summed E-state index contributed by atoms with van der Waals surface area (Å²) in [7, 11) is 0. The summed E-state index contributed by atoms with van der Waals surface area (Å²) in [6.07, 6.45) is 2.63. The molecule has 1 unspecified atom stereocenters. The smallest absolute Gasteiger partial charge is 0.285 e. The number of aromatic nitrogens is 3. The Hall–Kier alpha value is -1.40. The van der Waals surface area contributed by atoms with Gasteiger partial charge in [-0.25, -0.2) is 10.1 Å². The van der Waals surface area contributed by atoms with Gasteiger partial charge in [0.15, 0.2) is 0 Å². The first-order valence-corrected chi connectivity index (χ1v) is 7.31. The molecule has 0 bridgehead atoms. The highest BCUT2D eigenvalue weighted by atomic mass is 35.5. The first-order chi connectivity index (χ1) is 9.15. The van der Waals surface area contributed by atoms with Gasteiger partial charge >= 0.3 is 0 Å². The monoisotopic (exact) mass is 296 g/mol. The number of aryl methyl sites for hydroxylation is 1. The minimum atomic E-state index is -0.340. The van der Waals surface area contributed by atoms with E-state index in [9.17, 15) is 4.79 Å². The van der Waals surface area contributed by atoms with Crippen LogP contribution in [0.3, 0.4) is 0 Å². The van der Waals surface area contributed by atoms with Crippen molar-refractivity contribution in [1.82, 2.24) is 15.2 Å². The molecular weight excluding hydrogens is 284 g/mol. The van der Waals surface area contributed by atoms with Crippen LogP contribution < -0.4 is 10.5 Å². The molecule has 1 atom stereocenters. The molecule has 7 heteroatoms. The minimum absolute atomic E-state index is 0.214. The van der Waals surface area contributed by atoms with Gasteiger partial charge in [0, 0.05) is 30.1 Å². The van der Waals surface area contributed by atoms with E-state index in [0.717, 1.165) is 30.2 Å². The fraction of sp³-hybridized carbons (Fsp3) is 0.417. The number of nitrogens with zero attached hydrogens (tertiary/aromatic N) is 3. The van der Waals surface area contributed by atoms with Crippen molar-refractivity contribution >= 4 is 28.6 Å². The first kappa shape index (κ1) is 12.6. The van der Waals surface area contributed by atoms with E-state index in [1.54, 1.807) is 17.5 Å². The predicted molar refractivity (Wildman–Crippen MR) is 76.3 cm³/mol. The third-order valence-electron chi connectivity index (χ3n) is 3.29. The van der Waals surface area contributed by atoms with E-state index >= 15 is 0 Å². The lowest BCUT2D eigenvalue weighted by molar-refractivity contribution is 0.763. The molecule has 2 aromatic rings. The maximum Gasteiger partial charge on any atom is 0.285 e. The summed E-state index contributed by atoms with van der Waals surface area (Å²) >= 11 is 7.73. The summed E-state index contributed by atoms with van der Waals surface area (Å²) in [6, 6.07) is 0. The number of anilines is 1. The average Bonchev–Trinajstić information content (AvgIpc) is 3.01. The quantitative estimate of drug-likeness (QED) is 0.923. The molecule has 0 amide bonds. The molecule has 3 rings (SSSR count). The number of aromatic amines is 1. The van der Waals surface area contributed by atoms with Gasteiger partial charge in [-0.3, -0.25) is 4.79 Å². The lowest BCUT2D eigenvalue weighted by Crippen LogP contribution is -2.23. The van der Waals surface area contributed by atoms with E-state index in [-0.39, 0.29) is 10.6 Å². The molecule has 3 heterocycles. The first-order valence-electron chi connectivity index (χ1n) is 6.05. The standard InChI is InChI=1S/C12H13ClN4OS/c1-7-6-19-12(15-7)8-2-3-17(5-8)9-4-14-16-11(18)10(9)13/h4,6,8H,2-3,5H2,1H3,(H,16,18). The Morgan fingerprint density at radius 2 is 2.42 bits per heavy atom. The van der Waals surface area contributed by atoms with Crippen LogP contribution in [0.15, 0.2) is 16.4 Å². The van der Waals surface area contributed by atoms with E-state index < -0.39 is 0 Å². The normalized spacial score (nSPS) is 19.1. The molecule has 0 spiro atoms. The average molecular weight is 297 g/mol. The lowest BCUT2D eigenvalue weighted by atomic mass is 10.1. The van der Waals surface area contributed by atoms with Crippen molar-refractivity contribution in [3.63, 3.8) is 0 Å². The molecule has 0 saturated carbocycles. The van der Waals surface area contributed by atoms with Crippen LogP contribution in [0.25, 0.3) is 0 Å². The lowest BCUT2D eigenvalue weighted by Gasteiger charge is -2.18. The molecule has 0 aliphatic carbocycles. The Morgan fingerprint density at radius 3 is 3.16 bits per heavy atom. The van der Waals surface area contributed by atoms with Crippen LogP contribution in [0.1, 0.15) is 23.0 Å². The van der Waals surface area contributed by atoms with Crippen molar-refractivity contribution in [2.45, 2.75) is 19.3 Å². The fourth-order valence-electron chi connectivity index (χ4n) is 2.33. The van der Waals surface area contributed by atoms with Crippen LogP contribution in [0, 0.1) is 6.92 Å². The minimum Gasteiger partial charge on any atom is -0.368 e.